The molecule has 0 amide bonds. The van der Waals surface area contributed by atoms with Crippen LogP contribution in [-0.2, 0) is 20.4 Å². The van der Waals surface area contributed by atoms with E-state index in [-0.39, 0.29) is 82.8 Å². The summed E-state index contributed by atoms with van der Waals surface area (Å²) in [6, 6.07) is 6.90. The summed E-state index contributed by atoms with van der Waals surface area (Å²) in [6.45, 7) is -0.568. The van der Waals surface area contributed by atoms with Crippen molar-refractivity contribution >= 4 is 42.7 Å². The predicted molar refractivity (Wildman–Crippen MR) is 113 cm³/mol. The standard InChI is InChI=1S/C17H19ClN5O8P.CH2O3.2Na/c18-9-3-1-8(2-4-9)5-22-7-23(14-11(22)15(26)21-17(19)20-14)16-13(25)12(24)10(31-16)6-30-32(27,28)29;2-1(3)4;;/h1-4,7,10,12-13,16,24-25H,5-6H2,(H4-,19,20,21,26,27,28,29);(H2,2,3,4);;/q;;2*+1/p-2/t10-,12-,13-,16-;;;/m1.../s1. The van der Waals surface area contributed by atoms with Crippen molar-refractivity contribution in [2.75, 3.05) is 12.3 Å². The number of phosphoric ester groups is 1. The molecule has 0 unspecified atom stereocenters. The second-order valence-corrected chi connectivity index (χ2v) is 9.04. The number of benzene rings is 1. The summed E-state index contributed by atoms with van der Waals surface area (Å²) < 4.78 is 23.3. The molecule has 0 spiro atoms. The number of aromatic nitrogens is 4. The zero-order chi connectivity index (χ0) is 26.8. The summed E-state index contributed by atoms with van der Waals surface area (Å²) in [4.78, 5) is 49.1. The van der Waals surface area contributed by atoms with Gasteiger partial charge in [0.05, 0.1) is 21.0 Å². The minimum absolute atomic E-state index is 0. The number of hydrogen-bond donors (Lipinski definition) is 5. The Morgan fingerprint density at radius 1 is 1.26 bits per heavy atom. The van der Waals surface area contributed by atoms with Crippen LogP contribution in [0.5, 0.6) is 0 Å². The van der Waals surface area contributed by atoms with Gasteiger partial charge in [-0.3, -0.25) is 14.3 Å². The molecule has 0 bridgehead atoms. The fourth-order valence-electron chi connectivity index (χ4n) is 3.53. The van der Waals surface area contributed by atoms with E-state index < -0.39 is 50.7 Å². The molecule has 196 valence electrons. The smallest absolute Gasteiger partial charge is 0.790 e. The van der Waals surface area contributed by atoms with E-state index in [1.54, 1.807) is 28.8 Å². The number of aliphatic hydroxyl groups is 2. The molecule has 38 heavy (non-hydrogen) atoms. The Morgan fingerprint density at radius 3 is 2.39 bits per heavy atom. The Labute approximate surface area is 262 Å². The Kier molecular flexibility index (Phi) is 13.4. The Morgan fingerprint density at radius 2 is 1.84 bits per heavy atom. The van der Waals surface area contributed by atoms with Crippen molar-refractivity contribution < 1.29 is 113 Å². The van der Waals surface area contributed by atoms with Crippen molar-refractivity contribution in [2.45, 2.75) is 31.1 Å². The van der Waals surface area contributed by atoms with Crippen LogP contribution in [0.2, 0.25) is 5.02 Å². The second kappa shape index (κ2) is 14.5. The van der Waals surface area contributed by atoms with Crippen LogP contribution < -0.4 is 89.9 Å². The minimum Gasteiger partial charge on any atom is -0.790 e. The molecule has 3 aromatic rings. The number of rotatable bonds is 6. The van der Waals surface area contributed by atoms with E-state index >= 15 is 0 Å². The number of fused-ring (bicyclic) bond motifs is 1. The van der Waals surface area contributed by atoms with Gasteiger partial charge in [-0.2, -0.15) is 0 Å². The van der Waals surface area contributed by atoms with Gasteiger partial charge >= 0.3 is 64.8 Å². The molecule has 1 saturated heterocycles. The molecule has 1 fully saturated rings. The number of anilines is 1. The van der Waals surface area contributed by atoms with Crippen LogP contribution in [0.15, 0.2) is 35.4 Å². The summed E-state index contributed by atoms with van der Waals surface area (Å²) in [5, 5.41) is 36.6. The number of hydrogen-bond acceptors (Lipinski definition) is 12. The summed E-state index contributed by atoms with van der Waals surface area (Å²) in [7, 11) is -5.31. The van der Waals surface area contributed by atoms with E-state index in [1.807, 2.05) is 0 Å². The molecule has 4 rings (SSSR count). The molecule has 1 aromatic carbocycles. The molecule has 6 N–H and O–H groups in total. The number of imidazole rings is 1. The number of nitrogens with two attached hydrogens (primary N) is 1. The summed E-state index contributed by atoms with van der Waals surface area (Å²) in [6.07, 6.45) is -6.38. The van der Waals surface area contributed by atoms with Gasteiger partial charge in [0, 0.05) is 5.02 Å². The number of H-pyrrole nitrogens is 1. The number of carboxylic acid groups (broad SMARTS) is 2. The number of halogens is 1. The van der Waals surface area contributed by atoms with Gasteiger partial charge in [0.25, 0.3) is 11.5 Å². The first-order valence-corrected chi connectivity index (χ1v) is 11.7. The summed E-state index contributed by atoms with van der Waals surface area (Å²) in [5.74, 6) is -0.188. The molecule has 2 aromatic heterocycles. The molecule has 0 saturated carbocycles. The third-order valence-electron chi connectivity index (χ3n) is 4.96. The van der Waals surface area contributed by atoms with E-state index in [0.717, 1.165) is 5.56 Å². The monoisotopic (exact) mass is 593 g/mol. The molecule has 16 nitrogen and oxygen atoms in total. The molecule has 3 heterocycles. The molecule has 4 atom stereocenters. The first kappa shape index (κ1) is 34.9. The van der Waals surface area contributed by atoms with E-state index in [1.165, 1.54) is 10.9 Å². The normalized spacial score (nSPS) is 20.7. The second-order valence-electron chi connectivity index (χ2n) is 7.46. The number of nitrogen functional groups attached to an aromatic ring is 1. The van der Waals surface area contributed by atoms with Crippen molar-refractivity contribution in [3.8, 4) is 0 Å². The quantitative estimate of drug-likeness (QED) is 0.101. The van der Waals surface area contributed by atoms with Gasteiger partial charge in [-0.25, -0.2) is 4.57 Å². The SMILES string of the molecule is Nc1nc2c(c(=O)[nH]1)n(Cc1ccc(Cl)cc1)c[n+]2[C@@H]1O[C@H](COP(=O)([O-])[O-])[C@@H](O)[C@H]1O.O=C([O-])O.[Na+].[Na+]. The Bertz CT molecular complexity index is 1350. The van der Waals surface area contributed by atoms with Crippen LogP contribution in [0.4, 0.5) is 10.7 Å². The van der Waals surface area contributed by atoms with Crippen LogP contribution in [-0.4, -0.2) is 60.9 Å². The first-order chi connectivity index (χ1) is 16.8. The van der Waals surface area contributed by atoms with E-state index in [4.69, 9.17) is 37.1 Å². The van der Waals surface area contributed by atoms with Crippen molar-refractivity contribution in [1.82, 2.24) is 14.5 Å². The van der Waals surface area contributed by atoms with Crippen LogP contribution in [0.1, 0.15) is 11.8 Å². The van der Waals surface area contributed by atoms with Crippen molar-refractivity contribution in [1.29, 1.82) is 0 Å². The van der Waals surface area contributed by atoms with E-state index in [0.29, 0.717) is 5.02 Å². The molecule has 0 radical (unpaired) electrons. The van der Waals surface area contributed by atoms with E-state index in [9.17, 15) is 29.4 Å². The van der Waals surface area contributed by atoms with Crippen LogP contribution in [0, 0.1) is 0 Å². The zero-order valence-electron chi connectivity index (χ0n) is 20.0. The predicted octanol–water partition coefficient (Wildman–Crippen LogP) is -9.34. The number of carbonyl (C=O) groups is 1. The van der Waals surface area contributed by atoms with Gasteiger partial charge in [0.2, 0.25) is 17.9 Å². The van der Waals surface area contributed by atoms with Gasteiger partial charge < -0.3 is 54.6 Å². The summed E-state index contributed by atoms with van der Waals surface area (Å²) >= 11 is 5.92. The number of phosphoric acid groups is 1. The van der Waals surface area contributed by atoms with Crippen LogP contribution in [0.3, 0.4) is 0 Å². The zero-order valence-corrected chi connectivity index (χ0v) is 25.6. The average molecular weight is 594 g/mol. The number of aliphatic hydroxyl groups excluding tert-OH is 2. The topological polar surface area (TPSA) is 263 Å². The Hall–Kier alpha value is -1.08. The minimum atomic E-state index is -5.31. The third kappa shape index (κ3) is 8.97. The van der Waals surface area contributed by atoms with Crippen LogP contribution in [0.25, 0.3) is 11.2 Å². The number of nitrogens with zero attached hydrogens (tertiary/aromatic N) is 3. The van der Waals surface area contributed by atoms with Crippen LogP contribution >= 0.6 is 19.4 Å². The maximum absolute atomic E-state index is 12.6. The van der Waals surface area contributed by atoms with Gasteiger partial charge in [0.1, 0.15) is 18.3 Å². The average Bonchev–Trinajstić information content (AvgIpc) is 3.25. The summed E-state index contributed by atoms with van der Waals surface area (Å²) in [5.41, 5.74) is 6.10. The Balaban J connectivity index is 0.00000113. The molecular weight excluding hydrogens is 575 g/mol. The molecule has 1 aliphatic rings. The van der Waals surface area contributed by atoms with Gasteiger partial charge in [-0.15, -0.1) is 0 Å². The fourth-order valence-corrected chi connectivity index (χ4v) is 3.98. The van der Waals surface area contributed by atoms with Crippen molar-refractivity contribution in [2.24, 2.45) is 0 Å². The molecule has 0 aliphatic carbocycles. The first-order valence-electron chi connectivity index (χ1n) is 9.89. The number of aromatic amines is 1. The largest absolute Gasteiger partial charge is 1.00 e. The fraction of sp³-hybridized carbons (Fsp3) is 0.333. The maximum Gasteiger partial charge on any atom is 1.00 e. The molecule has 20 heteroatoms. The van der Waals surface area contributed by atoms with E-state index in [2.05, 4.69) is 14.5 Å². The van der Waals surface area contributed by atoms with Gasteiger partial charge in [-0.1, -0.05) is 28.7 Å². The van der Waals surface area contributed by atoms with Crippen molar-refractivity contribution in [3.05, 3.63) is 51.5 Å². The van der Waals surface area contributed by atoms with Gasteiger partial charge in [0.15, 0.2) is 6.33 Å². The maximum atomic E-state index is 12.6. The van der Waals surface area contributed by atoms with Crippen molar-refractivity contribution in [3.63, 3.8) is 0 Å². The molecular formula is C18H19ClN5Na2O11P. The van der Waals surface area contributed by atoms with Gasteiger partial charge in [-0.05, 0) is 17.7 Å². The number of ether oxygens (including phenoxy) is 1. The third-order valence-corrected chi connectivity index (χ3v) is 5.68. The molecule has 1 aliphatic heterocycles. The number of nitrogens with one attached hydrogen (secondary N) is 1.